The number of aliphatic hydroxyl groups excluding tert-OH is 1. The lowest BCUT2D eigenvalue weighted by molar-refractivity contribution is 0.106. The van der Waals surface area contributed by atoms with Crippen molar-refractivity contribution in [2.75, 3.05) is 11.9 Å². The third-order valence-corrected chi connectivity index (χ3v) is 4.55. The number of pyridine rings is 1. The van der Waals surface area contributed by atoms with Crippen LogP contribution in [0.15, 0.2) is 18.3 Å². The molecule has 0 aliphatic heterocycles. The second-order valence-corrected chi connectivity index (χ2v) is 6.17. The molecule has 4 nitrogen and oxygen atoms in total. The van der Waals surface area contributed by atoms with E-state index in [2.05, 4.69) is 28.3 Å². The number of aliphatic hydroxyl groups is 1. The van der Waals surface area contributed by atoms with Gasteiger partial charge in [0.15, 0.2) is 0 Å². The number of nitrogens with zero attached hydrogens (tertiary/aromatic N) is 2. The number of likely N-dealkylation sites (N-methyl/N-ethyl adjacent to an activating group) is 1. The highest BCUT2D eigenvalue weighted by Crippen LogP contribution is 2.28. The van der Waals surface area contributed by atoms with Gasteiger partial charge in [0, 0.05) is 31.4 Å². The van der Waals surface area contributed by atoms with E-state index >= 15 is 0 Å². The molecule has 2 fully saturated rings. The van der Waals surface area contributed by atoms with Crippen molar-refractivity contribution in [3.8, 4) is 0 Å². The standard InChI is InChI=1S/C16H25N3O/c1-19(14-6-2-3-7-15(14)20)16-12(5-4-10-17-16)11-18-13-8-9-13/h4-5,10,13-15,18,20H,2-3,6-9,11H2,1H3. The molecule has 1 heterocycles. The van der Waals surface area contributed by atoms with Gasteiger partial charge in [-0.25, -0.2) is 4.98 Å². The molecule has 20 heavy (non-hydrogen) atoms. The van der Waals surface area contributed by atoms with Gasteiger partial charge in [-0.2, -0.15) is 0 Å². The van der Waals surface area contributed by atoms with E-state index in [1.54, 1.807) is 0 Å². The molecule has 0 saturated heterocycles. The van der Waals surface area contributed by atoms with Crippen LogP contribution in [-0.4, -0.2) is 35.3 Å². The van der Waals surface area contributed by atoms with Crippen LogP contribution in [0.25, 0.3) is 0 Å². The Kier molecular flexibility index (Phi) is 4.22. The Hall–Kier alpha value is -1.13. The van der Waals surface area contributed by atoms with Crippen molar-refractivity contribution in [2.24, 2.45) is 0 Å². The SMILES string of the molecule is CN(c1ncccc1CNC1CC1)C1CCCCC1O. The molecule has 110 valence electrons. The monoisotopic (exact) mass is 275 g/mol. The summed E-state index contributed by atoms with van der Waals surface area (Å²) >= 11 is 0. The van der Waals surface area contributed by atoms with Crippen molar-refractivity contribution in [1.29, 1.82) is 0 Å². The molecule has 2 aliphatic carbocycles. The highest BCUT2D eigenvalue weighted by Gasteiger charge is 2.28. The van der Waals surface area contributed by atoms with Crippen LogP contribution < -0.4 is 10.2 Å². The van der Waals surface area contributed by atoms with Crippen molar-refractivity contribution in [3.63, 3.8) is 0 Å². The maximum Gasteiger partial charge on any atom is 0.133 e. The van der Waals surface area contributed by atoms with E-state index in [1.807, 2.05) is 12.3 Å². The van der Waals surface area contributed by atoms with Crippen LogP contribution in [0.3, 0.4) is 0 Å². The molecule has 0 amide bonds. The molecule has 4 heteroatoms. The largest absolute Gasteiger partial charge is 0.391 e. The number of nitrogens with one attached hydrogen (secondary N) is 1. The van der Waals surface area contributed by atoms with Gasteiger partial charge in [-0.15, -0.1) is 0 Å². The minimum Gasteiger partial charge on any atom is -0.391 e. The second kappa shape index (κ2) is 6.10. The lowest BCUT2D eigenvalue weighted by atomic mass is 9.91. The number of aromatic nitrogens is 1. The van der Waals surface area contributed by atoms with Gasteiger partial charge in [0.2, 0.25) is 0 Å². The lowest BCUT2D eigenvalue weighted by Gasteiger charge is -2.36. The van der Waals surface area contributed by atoms with Gasteiger partial charge >= 0.3 is 0 Å². The molecule has 0 spiro atoms. The van der Waals surface area contributed by atoms with Gasteiger partial charge in [-0.05, 0) is 31.7 Å². The van der Waals surface area contributed by atoms with Gasteiger partial charge in [0.05, 0.1) is 12.1 Å². The quantitative estimate of drug-likeness (QED) is 0.864. The molecule has 0 aromatic carbocycles. The number of rotatable bonds is 5. The average molecular weight is 275 g/mol. The molecule has 0 bridgehead atoms. The van der Waals surface area contributed by atoms with Gasteiger partial charge in [0.1, 0.15) is 5.82 Å². The third kappa shape index (κ3) is 3.13. The van der Waals surface area contributed by atoms with E-state index in [0.29, 0.717) is 6.04 Å². The molecular formula is C16H25N3O. The van der Waals surface area contributed by atoms with Crippen LogP contribution in [0.4, 0.5) is 5.82 Å². The summed E-state index contributed by atoms with van der Waals surface area (Å²) in [6.45, 7) is 0.876. The summed E-state index contributed by atoms with van der Waals surface area (Å²) in [7, 11) is 2.07. The molecule has 2 aliphatic rings. The minimum absolute atomic E-state index is 0.207. The van der Waals surface area contributed by atoms with Crippen molar-refractivity contribution >= 4 is 5.82 Å². The fourth-order valence-electron chi connectivity index (χ4n) is 3.13. The predicted molar refractivity (Wildman–Crippen MR) is 80.8 cm³/mol. The Morgan fingerprint density at radius 1 is 1.30 bits per heavy atom. The zero-order chi connectivity index (χ0) is 13.9. The van der Waals surface area contributed by atoms with Crippen molar-refractivity contribution in [1.82, 2.24) is 10.3 Å². The van der Waals surface area contributed by atoms with Gasteiger partial charge in [-0.1, -0.05) is 18.9 Å². The maximum absolute atomic E-state index is 10.2. The van der Waals surface area contributed by atoms with Gasteiger partial charge in [-0.3, -0.25) is 0 Å². The van der Waals surface area contributed by atoms with Crippen LogP contribution in [-0.2, 0) is 6.54 Å². The molecular weight excluding hydrogens is 250 g/mol. The zero-order valence-electron chi connectivity index (χ0n) is 12.3. The first kappa shape index (κ1) is 13.8. The van der Waals surface area contributed by atoms with Crippen LogP contribution in [0.2, 0.25) is 0 Å². The summed E-state index contributed by atoms with van der Waals surface area (Å²) in [4.78, 5) is 6.75. The molecule has 3 rings (SSSR count). The fraction of sp³-hybridized carbons (Fsp3) is 0.688. The Morgan fingerprint density at radius 2 is 2.10 bits per heavy atom. The maximum atomic E-state index is 10.2. The van der Waals surface area contributed by atoms with E-state index in [9.17, 15) is 5.11 Å². The van der Waals surface area contributed by atoms with Gasteiger partial charge in [0.25, 0.3) is 0 Å². The summed E-state index contributed by atoms with van der Waals surface area (Å²) < 4.78 is 0. The predicted octanol–water partition coefficient (Wildman–Crippen LogP) is 2.07. The van der Waals surface area contributed by atoms with Crippen LogP contribution in [0, 0.1) is 0 Å². The second-order valence-electron chi connectivity index (χ2n) is 6.17. The van der Waals surface area contributed by atoms with E-state index in [4.69, 9.17) is 0 Å². The molecule has 2 unspecified atom stereocenters. The Morgan fingerprint density at radius 3 is 2.85 bits per heavy atom. The fourth-order valence-corrected chi connectivity index (χ4v) is 3.13. The molecule has 2 saturated carbocycles. The van der Waals surface area contributed by atoms with E-state index in [-0.39, 0.29) is 12.1 Å². The number of hydrogen-bond donors (Lipinski definition) is 2. The normalized spacial score (nSPS) is 26.5. The molecule has 1 aromatic heterocycles. The Bertz CT molecular complexity index is 447. The van der Waals surface area contributed by atoms with Gasteiger partial charge < -0.3 is 15.3 Å². The first-order chi connectivity index (χ1) is 9.75. The lowest BCUT2D eigenvalue weighted by Crippen LogP contribution is -2.44. The first-order valence-electron chi connectivity index (χ1n) is 7.84. The van der Waals surface area contributed by atoms with E-state index < -0.39 is 0 Å². The van der Waals surface area contributed by atoms with Crippen LogP contribution in [0.5, 0.6) is 0 Å². The summed E-state index contributed by atoms with van der Waals surface area (Å²) in [5, 5.41) is 13.8. The Labute approximate surface area is 121 Å². The van der Waals surface area contributed by atoms with Crippen LogP contribution in [0.1, 0.15) is 44.1 Å². The Balaban J connectivity index is 1.73. The molecule has 1 aromatic rings. The van der Waals surface area contributed by atoms with Crippen LogP contribution >= 0.6 is 0 Å². The highest BCUT2D eigenvalue weighted by atomic mass is 16.3. The number of hydrogen-bond acceptors (Lipinski definition) is 4. The molecule has 2 N–H and O–H groups in total. The van der Waals surface area contributed by atoms with E-state index in [1.165, 1.54) is 24.8 Å². The summed E-state index contributed by atoms with van der Waals surface area (Å²) in [6, 6.07) is 5.05. The average Bonchev–Trinajstić information content (AvgIpc) is 3.29. The third-order valence-electron chi connectivity index (χ3n) is 4.55. The smallest absolute Gasteiger partial charge is 0.133 e. The topological polar surface area (TPSA) is 48.4 Å². The molecule has 0 radical (unpaired) electrons. The first-order valence-corrected chi connectivity index (χ1v) is 7.84. The van der Waals surface area contributed by atoms with E-state index in [0.717, 1.165) is 31.6 Å². The number of anilines is 1. The zero-order valence-corrected chi connectivity index (χ0v) is 12.3. The summed E-state index contributed by atoms with van der Waals surface area (Å²) in [5.74, 6) is 1.02. The highest BCUT2D eigenvalue weighted by molar-refractivity contribution is 5.47. The van der Waals surface area contributed by atoms with Crippen molar-refractivity contribution in [3.05, 3.63) is 23.9 Å². The summed E-state index contributed by atoms with van der Waals surface area (Å²) in [6.07, 6.45) is 8.54. The van der Waals surface area contributed by atoms with Crippen molar-refractivity contribution in [2.45, 2.75) is 63.3 Å². The summed E-state index contributed by atoms with van der Waals surface area (Å²) in [5.41, 5.74) is 1.24. The van der Waals surface area contributed by atoms with Crippen molar-refractivity contribution < 1.29 is 5.11 Å². The minimum atomic E-state index is -0.222. The molecule has 2 atom stereocenters.